The highest BCUT2D eigenvalue weighted by molar-refractivity contribution is 6.09. The maximum atomic E-state index is 13.0. The highest BCUT2D eigenvalue weighted by Crippen LogP contribution is 2.46. The molecule has 1 aliphatic carbocycles. The summed E-state index contributed by atoms with van der Waals surface area (Å²) in [5.41, 5.74) is -0.562. The van der Waals surface area contributed by atoms with E-state index in [9.17, 15) is 19.2 Å². The molecule has 1 saturated heterocycles. The molecule has 0 radical (unpaired) electrons. The summed E-state index contributed by atoms with van der Waals surface area (Å²) in [6, 6.07) is 6.07. The number of nitrogens with zero attached hydrogens (tertiary/aromatic N) is 1. The van der Waals surface area contributed by atoms with Gasteiger partial charge in [-0.1, -0.05) is 20.8 Å². The number of imide groups is 1. The quantitative estimate of drug-likeness (QED) is 0.528. The summed E-state index contributed by atoms with van der Waals surface area (Å²) in [7, 11) is 1.54. The molecule has 31 heavy (non-hydrogen) atoms. The van der Waals surface area contributed by atoms with Gasteiger partial charge < -0.3 is 20.1 Å². The van der Waals surface area contributed by atoms with Gasteiger partial charge in [0.05, 0.1) is 7.11 Å². The zero-order chi connectivity index (χ0) is 22.8. The SMILES string of the molecule is COc1ccc(NC(=O)COC(=O)CN2C(=O)N[C@@]3(C[C@@H](C)CC(C)(C)C3)C2=O)cc1. The van der Waals surface area contributed by atoms with E-state index >= 15 is 0 Å². The van der Waals surface area contributed by atoms with Crippen molar-refractivity contribution in [3.63, 3.8) is 0 Å². The van der Waals surface area contributed by atoms with Gasteiger partial charge >= 0.3 is 12.0 Å². The van der Waals surface area contributed by atoms with Crippen LogP contribution in [0, 0.1) is 11.3 Å². The van der Waals surface area contributed by atoms with Crippen LogP contribution in [0.15, 0.2) is 24.3 Å². The number of ether oxygens (including phenoxy) is 2. The first kappa shape index (κ1) is 22.6. The number of benzene rings is 1. The van der Waals surface area contributed by atoms with Crippen molar-refractivity contribution in [2.45, 2.75) is 45.6 Å². The van der Waals surface area contributed by atoms with Crippen LogP contribution in [0.2, 0.25) is 0 Å². The Morgan fingerprint density at radius 1 is 1.19 bits per heavy atom. The number of anilines is 1. The number of esters is 1. The molecule has 2 fully saturated rings. The molecule has 2 atom stereocenters. The van der Waals surface area contributed by atoms with Crippen LogP contribution in [-0.2, 0) is 19.1 Å². The van der Waals surface area contributed by atoms with E-state index in [-0.39, 0.29) is 11.3 Å². The van der Waals surface area contributed by atoms with Crippen LogP contribution < -0.4 is 15.4 Å². The second-order valence-corrected chi connectivity index (χ2v) is 9.20. The molecule has 0 bridgehead atoms. The first-order valence-corrected chi connectivity index (χ1v) is 10.3. The molecule has 0 unspecified atom stereocenters. The molecule has 9 nitrogen and oxygen atoms in total. The van der Waals surface area contributed by atoms with Crippen LogP contribution >= 0.6 is 0 Å². The molecule has 1 saturated carbocycles. The number of rotatable bonds is 6. The number of urea groups is 1. The van der Waals surface area contributed by atoms with Crippen LogP contribution in [0.1, 0.15) is 40.0 Å². The molecule has 0 aromatic heterocycles. The van der Waals surface area contributed by atoms with Crippen molar-refractivity contribution >= 4 is 29.5 Å². The lowest BCUT2D eigenvalue weighted by molar-refractivity contribution is -0.150. The van der Waals surface area contributed by atoms with Gasteiger partial charge in [-0.15, -0.1) is 0 Å². The zero-order valence-corrected chi connectivity index (χ0v) is 18.3. The molecule has 168 valence electrons. The van der Waals surface area contributed by atoms with Crippen molar-refractivity contribution in [1.82, 2.24) is 10.2 Å². The molecule has 1 heterocycles. The largest absolute Gasteiger partial charge is 0.497 e. The van der Waals surface area contributed by atoms with Gasteiger partial charge in [0.1, 0.15) is 17.8 Å². The van der Waals surface area contributed by atoms with E-state index in [0.717, 1.165) is 11.3 Å². The molecule has 2 aliphatic rings. The fraction of sp³-hybridized carbons (Fsp3) is 0.545. The predicted molar refractivity (Wildman–Crippen MR) is 112 cm³/mol. The summed E-state index contributed by atoms with van der Waals surface area (Å²) >= 11 is 0. The third-order valence-electron chi connectivity index (χ3n) is 5.65. The Kier molecular flexibility index (Phi) is 6.24. The van der Waals surface area contributed by atoms with E-state index in [1.54, 1.807) is 24.3 Å². The van der Waals surface area contributed by atoms with Gasteiger partial charge in [0.15, 0.2) is 6.61 Å². The fourth-order valence-electron chi connectivity index (χ4n) is 4.84. The third-order valence-corrected chi connectivity index (χ3v) is 5.65. The normalized spacial score (nSPS) is 24.6. The van der Waals surface area contributed by atoms with Gasteiger partial charge in [0.2, 0.25) is 0 Å². The number of amides is 4. The van der Waals surface area contributed by atoms with Crippen molar-refractivity contribution in [2.75, 3.05) is 25.6 Å². The van der Waals surface area contributed by atoms with E-state index < -0.39 is 42.5 Å². The van der Waals surface area contributed by atoms with Gasteiger partial charge in [-0.2, -0.15) is 0 Å². The summed E-state index contributed by atoms with van der Waals surface area (Å²) in [5, 5.41) is 5.40. The Balaban J connectivity index is 1.53. The van der Waals surface area contributed by atoms with Crippen molar-refractivity contribution in [1.29, 1.82) is 0 Å². The standard InChI is InChI=1S/C22H29N3O6/c1-14-9-21(2,3)13-22(10-14)19(28)25(20(29)24-22)11-18(27)31-12-17(26)23-15-5-7-16(30-4)8-6-15/h5-8,14H,9-13H2,1-4H3,(H,23,26)(H,24,29)/t14-,22+/m0/s1. The topological polar surface area (TPSA) is 114 Å². The molecule has 3 rings (SSSR count). The maximum Gasteiger partial charge on any atom is 0.326 e. The monoisotopic (exact) mass is 431 g/mol. The molecule has 1 aliphatic heterocycles. The minimum absolute atomic E-state index is 0.101. The number of methoxy groups -OCH3 is 1. The van der Waals surface area contributed by atoms with E-state index in [4.69, 9.17) is 9.47 Å². The lowest BCUT2D eigenvalue weighted by Crippen LogP contribution is -2.54. The van der Waals surface area contributed by atoms with Crippen molar-refractivity contribution in [3.8, 4) is 5.75 Å². The van der Waals surface area contributed by atoms with E-state index in [1.807, 2.05) is 0 Å². The van der Waals surface area contributed by atoms with Gasteiger partial charge in [-0.05, 0) is 54.9 Å². The Labute approximate surface area is 181 Å². The van der Waals surface area contributed by atoms with E-state index in [2.05, 4.69) is 31.4 Å². The van der Waals surface area contributed by atoms with Crippen LogP contribution in [0.3, 0.4) is 0 Å². The van der Waals surface area contributed by atoms with E-state index in [1.165, 1.54) is 7.11 Å². The van der Waals surface area contributed by atoms with Gasteiger partial charge in [0, 0.05) is 5.69 Å². The first-order chi connectivity index (χ1) is 14.5. The Morgan fingerprint density at radius 2 is 1.87 bits per heavy atom. The highest BCUT2D eigenvalue weighted by Gasteiger charge is 2.56. The Bertz CT molecular complexity index is 882. The number of carbonyl (C=O) groups is 4. The summed E-state index contributed by atoms with van der Waals surface area (Å²) in [4.78, 5) is 50.6. The molecule has 1 aromatic rings. The molecule has 1 spiro atoms. The van der Waals surface area contributed by atoms with Gasteiger partial charge in [-0.25, -0.2) is 4.79 Å². The number of hydrogen-bond acceptors (Lipinski definition) is 6. The molecule has 2 N–H and O–H groups in total. The van der Waals surface area contributed by atoms with Crippen molar-refractivity contribution in [2.24, 2.45) is 11.3 Å². The van der Waals surface area contributed by atoms with E-state index in [0.29, 0.717) is 24.3 Å². The maximum absolute atomic E-state index is 13.0. The zero-order valence-electron chi connectivity index (χ0n) is 18.3. The molecule has 9 heteroatoms. The molecular formula is C22H29N3O6. The molecular weight excluding hydrogens is 402 g/mol. The number of carbonyl (C=O) groups excluding carboxylic acids is 4. The van der Waals surface area contributed by atoms with Crippen molar-refractivity contribution in [3.05, 3.63) is 24.3 Å². The highest BCUT2D eigenvalue weighted by atomic mass is 16.5. The molecule has 1 aromatic carbocycles. The summed E-state index contributed by atoms with van der Waals surface area (Å²) < 4.78 is 10.0. The third kappa shape index (κ3) is 5.15. The fourth-order valence-corrected chi connectivity index (χ4v) is 4.84. The first-order valence-electron chi connectivity index (χ1n) is 10.3. The minimum atomic E-state index is -0.982. The van der Waals surface area contributed by atoms with Gasteiger partial charge in [-0.3, -0.25) is 19.3 Å². The molecule has 4 amide bonds. The summed E-state index contributed by atoms with van der Waals surface area (Å²) in [5.74, 6) is -0.853. The predicted octanol–water partition coefficient (Wildman–Crippen LogP) is 2.31. The van der Waals surface area contributed by atoms with Crippen molar-refractivity contribution < 1.29 is 28.7 Å². The van der Waals surface area contributed by atoms with Crippen LogP contribution in [0.4, 0.5) is 10.5 Å². The smallest absolute Gasteiger partial charge is 0.326 e. The lowest BCUT2D eigenvalue weighted by Gasteiger charge is -2.43. The summed E-state index contributed by atoms with van der Waals surface area (Å²) in [6.07, 6.45) is 2.02. The lowest BCUT2D eigenvalue weighted by atomic mass is 9.64. The number of hydrogen-bond donors (Lipinski definition) is 2. The van der Waals surface area contributed by atoms with Crippen LogP contribution in [0.5, 0.6) is 5.75 Å². The Morgan fingerprint density at radius 3 is 2.48 bits per heavy atom. The second-order valence-electron chi connectivity index (χ2n) is 9.20. The Hall–Kier alpha value is -3.10. The summed E-state index contributed by atoms with van der Waals surface area (Å²) in [6.45, 7) is 5.14. The van der Waals surface area contributed by atoms with Gasteiger partial charge in [0.25, 0.3) is 11.8 Å². The average molecular weight is 431 g/mol. The number of nitrogens with one attached hydrogen (secondary N) is 2. The minimum Gasteiger partial charge on any atom is -0.497 e. The average Bonchev–Trinajstić information content (AvgIpc) is 2.88. The van der Waals surface area contributed by atoms with Crippen LogP contribution in [-0.4, -0.2) is 54.5 Å². The second kappa shape index (κ2) is 8.56. The van der Waals surface area contributed by atoms with Crippen LogP contribution in [0.25, 0.3) is 0 Å².